The molecule has 3 aromatic carbocycles. The Balaban J connectivity index is 1.34. The summed E-state index contributed by atoms with van der Waals surface area (Å²) in [4.78, 5) is 17.1. The van der Waals surface area contributed by atoms with Gasteiger partial charge in [-0.25, -0.2) is 4.79 Å². The summed E-state index contributed by atoms with van der Waals surface area (Å²) >= 11 is 3.57. The maximum Gasteiger partial charge on any atom is 0.317 e. The summed E-state index contributed by atoms with van der Waals surface area (Å²) in [5, 5.41) is 3.08. The second-order valence-electron chi connectivity index (χ2n) is 7.82. The molecule has 0 saturated carbocycles. The molecule has 0 unspecified atom stereocenters. The monoisotopic (exact) mass is 477 g/mol. The molecule has 1 aliphatic rings. The van der Waals surface area contributed by atoms with E-state index in [9.17, 15) is 4.79 Å². The Morgan fingerprint density at radius 1 is 0.806 bits per heavy atom. The molecule has 1 aliphatic heterocycles. The van der Waals surface area contributed by atoms with Gasteiger partial charge in [0.25, 0.3) is 0 Å². The van der Waals surface area contributed by atoms with Crippen LogP contribution in [0.15, 0.2) is 89.4 Å². The average Bonchev–Trinajstić information content (AvgIpc) is 2.82. The Morgan fingerprint density at radius 2 is 1.35 bits per heavy atom. The molecule has 1 N–H and O–H groups in total. The van der Waals surface area contributed by atoms with Crippen LogP contribution in [0, 0.1) is 0 Å². The molecule has 5 heteroatoms. The van der Waals surface area contributed by atoms with Gasteiger partial charge >= 0.3 is 6.03 Å². The van der Waals surface area contributed by atoms with Crippen LogP contribution in [0.25, 0.3) is 0 Å². The number of urea groups is 1. The molecule has 31 heavy (non-hydrogen) atoms. The summed E-state index contributed by atoms with van der Waals surface area (Å²) in [7, 11) is 0. The summed E-state index contributed by atoms with van der Waals surface area (Å²) in [6, 6.07) is 29.7. The van der Waals surface area contributed by atoms with Crippen molar-refractivity contribution in [3.05, 3.63) is 106 Å². The summed E-state index contributed by atoms with van der Waals surface area (Å²) in [6.07, 6.45) is 0.817. The minimum absolute atomic E-state index is 0.0303. The number of benzene rings is 3. The van der Waals surface area contributed by atoms with Crippen LogP contribution in [0.2, 0.25) is 0 Å². The van der Waals surface area contributed by atoms with Crippen LogP contribution in [0.4, 0.5) is 4.79 Å². The highest BCUT2D eigenvalue weighted by Crippen LogP contribution is 2.29. The fourth-order valence-corrected chi connectivity index (χ4v) is 4.67. The minimum Gasteiger partial charge on any atom is -0.338 e. The summed E-state index contributed by atoms with van der Waals surface area (Å²) in [5.74, 6) is 0. The second-order valence-corrected chi connectivity index (χ2v) is 8.67. The molecule has 0 spiro atoms. The number of nitrogens with zero attached hydrogens (tertiary/aromatic N) is 2. The van der Waals surface area contributed by atoms with Crippen LogP contribution in [-0.2, 0) is 6.42 Å². The number of hydrogen-bond acceptors (Lipinski definition) is 2. The van der Waals surface area contributed by atoms with Crippen molar-refractivity contribution in [1.82, 2.24) is 15.1 Å². The highest BCUT2D eigenvalue weighted by molar-refractivity contribution is 9.10. The number of rotatable bonds is 6. The molecule has 0 bridgehead atoms. The minimum atomic E-state index is 0.0303. The largest absolute Gasteiger partial charge is 0.338 e. The molecule has 4 rings (SSSR count). The van der Waals surface area contributed by atoms with Crippen molar-refractivity contribution >= 4 is 22.0 Å². The summed E-state index contributed by atoms with van der Waals surface area (Å²) < 4.78 is 1.09. The molecular weight excluding hydrogens is 450 g/mol. The van der Waals surface area contributed by atoms with Crippen LogP contribution in [0.3, 0.4) is 0 Å². The highest BCUT2D eigenvalue weighted by Gasteiger charge is 2.27. The van der Waals surface area contributed by atoms with Gasteiger partial charge < -0.3 is 10.2 Å². The molecule has 4 nitrogen and oxygen atoms in total. The van der Waals surface area contributed by atoms with Crippen molar-refractivity contribution in [2.45, 2.75) is 12.5 Å². The fraction of sp³-hybridized carbons (Fsp3) is 0.269. The first-order valence-corrected chi connectivity index (χ1v) is 11.6. The lowest BCUT2D eigenvalue weighted by atomic mass is 9.96. The first-order chi connectivity index (χ1) is 15.2. The molecule has 3 aromatic rings. The van der Waals surface area contributed by atoms with Gasteiger partial charge in [-0.3, -0.25) is 4.90 Å². The third-order valence-corrected chi connectivity index (χ3v) is 6.60. The van der Waals surface area contributed by atoms with E-state index < -0.39 is 0 Å². The zero-order valence-electron chi connectivity index (χ0n) is 17.6. The lowest BCUT2D eigenvalue weighted by molar-refractivity contribution is 0.120. The molecule has 1 saturated heterocycles. The predicted octanol–water partition coefficient (Wildman–Crippen LogP) is 5.11. The number of halogens is 1. The van der Waals surface area contributed by atoms with Gasteiger partial charge in [-0.1, -0.05) is 94.8 Å². The maximum atomic E-state index is 12.7. The molecule has 1 fully saturated rings. The Bertz CT molecular complexity index is 933. The molecule has 0 radical (unpaired) electrons. The van der Waals surface area contributed by atoms with Gasteiger partial charge in [0, 0.05) is 37.2 Å². The molecule has 2 amide bonds. The number of nitrogens with one attached hydrogen (secondary N) is 1. The van der Waals surface area contributed by atoms with Gasteiger partial charge in [0.1, 0.15) is 0 Å². The zero-order valence-corrected chi connectivity index (χ0v) is 19.2. The summed E-state index contributed by atoms with van der Waals surface area (Å²) in [6.45, 7) is 3.81. The zero-order chi connectivity index (χ0) is 21.5. The van der Waals surface area contributed by atoms with E-state index in [4.69, 9.17) is 0 Å². The standard InChI is InChI=1S/C26H28BrN3O/c27-24-14-8-7-9-21(24)15-16-28-26(31)30-19-17-29(18-20-30)25(22-10-3-1-4-11-22)23-12-5-2-6-13-23/h1-14,25H,15-20H2,(H,28,31). The lowest BCUT2D eigenvalue weighted by Crippen LogP contribution is -2.52. The average molecular weight is 478 g/mol. The second kappa shape index (κ2) is 10.6. The molecular formula is C26H28BrN3O. The van der Waals surface area contributed by atoms with Crippen LogP contribution >= 0.6 is 15.9 Å². The van der Waals surface area contributed by atoms with Crippen molar-refractivity contribution in [1.29, 1.82) is 0 Å². The van der Waals surface area contributed by atoms with Crippen molar-refractivity contribution in [2.75, 3.05) is 32.7 Å². The van der Waals surface area contributed by atoms with E-state index >= 15 is 0 Å². The van der Waals surface area contributed by atoms with Crippen molar-refractivity contribution < 1.29 is 4.79 Å². The number of hydrogen-bond donors (Lipinski definition) is 1. The highest BCUT2D eigenvalue weighted by atomic mass is 79.9. The van der Waals surface area contributed by atoms with Crippen LogP contribution in [0.1, 0.15) is 22.7 Å². The first kappa shape index (κ1) is 21.6. The predicted molar refractivity (Wildman–Crippen MR) is 129 cm³/mol. The number of amides is 2. The Hall–Kier alpha value is -2.63. The third-order valence-electron chi connectivity index (χ3n) is 5.83. The van der Waals surface area contributed by atoms with E-state index in [0.717, 1.165) is 37.1 Å². The van der Waals surface area contributed by atoms with E-state index in [-0.39, 0.29) is 12.1 Å². The molecule has 160 valence electrons. The van der Waals surface area contributed by atoms with E-state index in [2.05, 4.69) is 92.9 Å². The Kier molecular flexibility index (Phi) is 7.39. The molecule has 0 atom stereocenters. The molecule has 1 heterocycles. The number of piperazine rings is 1. The van der Waals surface area contributed by atoms with E-state index in [1.54, 1.807) is 0 Å². The van der Waals surface area contributed by atoms with Crippen molar-refractivity contribution in [3.8, 4) is 0 Å². The summed E-state index contributed by atoms with van der Waals surface area (Å²) in [5.41, 5.74) is 3.79. The third kappa shape index (κ3) is 5.54. The van der Waals surface area contributed by atoms with Gasteiger partial charge in [0.05, 0.1) is 6.04 Å². The van der Waals surface area contributed by atoms with Gasteiger partial charge in [0.2, 0.25) is 0 Å². The normalized spacial score (nSPS) is 14.6. The SMILES string of the molecule is O=C(NCCc1ccccc1Br)N1CCN(C(c2ccccc2)c2ccccc2)CC1. The van der Waals surface area contributed by atoms with E-state index in [1.165, 1.54) is 16.7 Å². The van der Waals surface area contributed by atoms with Gasteiger partial charge in [-0.05, 0) is 29.2 Å². The topological polar surface area (TPSA) is 35.6 Å². The van der Waals surface area contributed by atoms with Crippen LogP contribution in [0.5, 0.6) is 0 Å². The Labute approximate surface area is 193 Å². The maximum absolute atomic E-state index is 12.7. The molecule has 0 aliphatic carbocycles. The van der Waals surface area contributed by atoms with Crippen molar-refractivity contribution in [3.63, 3.8) is 0 Å². The van der Waals surface area contributed by atoms with E-state index in [0.29, 0.717) is 6.54 Å². The Morgan fingerprint density at radius 3 is 1.94 bits per heavy atom. The van der Waals surface area contributed by atoms with Gasteiger partial charge in [-0.2, -0.15) is 0 Å². The number of carbonyl (C=O) groups excluding carboxylic acids is 1. The number of carbonyl (C=O) groups is 1. The first-order valence-electron chi connectivity index (χ1n) is 10.8. The smallest absolute Gasteiger partial charge is 0.317 e. The van der Waals surface area contributed by atoms with Crippen LogP contribution < -0.4 is 5.32 Å². The van der Waals surface area contributed by atoms with Crippen LogP contribution in [-0.4, -0.2) is 48.6 Å². The quantitative estimate of drug-likeness (QED) is 0.535. The molecule has 0 aromatic heterocycles. The van der Waals surface area contributed by atoms with Crippen molar-refractivity contribution in [2.24, 2.45) is 0 Å². The lowest BCUT2D eigenvalue weighted by Gasteiger charge is -2.39. The van der Waals surface area contributed by atoms with E-state index in [1.807, 2.05) is 23.1 Å². The fourth-order valence-electron chi connectivity index (χ4n) is 4.19. The van der Waals surface area contributed by atoms with Gasteiger partial charge in [-0.15, -0.1) is 0 Å². The van der Waals surface area contributed by atoms with Gasteiger partial charge in [0.15, 0.2) is 0 Å².